The lowest BCUT2D eigenvalue weighted by Crippen LogP contribution is -2.21. The van der Waals surface area contributed by atoms with Gasteiger partial charge in [-0.1, -0.05) is 51.6 Å². The summed E-state index contributed by atoms with van der Waals surface area (Å²) in [5, 5.41) is 5.62. The Morgan fingerprint density at radius 2 is 2.04 bits per heavy atom. The number of aromatic nitrogens is 4. The molecule has 4 rings (SSSR count). The second-order valence-corrected chi connectivity index (χ2v) is 8.55. The molecule has 0 saturated heterocycles. The maximum atomic E-state index is 13.2. The summed E-state index contributed by atoms with van der Waals surface area (Å²) in [4.78, 5) is 17.9. The highest BCUT2D eigenvalue weighted by Crippen LogP contribution is 2.28. The molecule has 2 aromatic heterocycles. The number of thioether (sulfide) groups is 1. The number of aryl methyl sites for hydroxylation is 1. The molecule has 2 aromatic carbocycles. The fraction of sp³-hybridized carbons (Fsp3) is 0.111. The van der Waals surface area contributed by atoms with E-state index in [0.29, 0.717) is 36.9 Å². The first kappa shape index (κ1) is 18.4. The van der Waals surface area contributed by atoms with Gasteiger partial charge >= 0.3 is 0 Å². The number of benzene rings is 2. The van der Waals surface area contributed by atoms with Crippen molar-refractivity contribution < 1.29 is 0 Å². The first-order chi connectivity index (χ1) is 13.0. The van der Waals surface area contributed by atoms with E-state index in [1.165, 1.54) is 11.8 Å². The molecule has 0 fully saturated rings. The smallest absolute Gasteiger partial charge is 0.266 e. The Morgan fingerprint density at radius 3 is 2.78 bits per heavy atom. The quantitative estimate of drug-likeness (QED) is 0.328. The molecule has 2 heterocycles. The van der Waals surface area contributed by atoms with Crippen LogP contribution in [0.2, 0.25) is 9.36 Å². The molecule has 0 atom stereocenters. The summed E-state index contributed by atoms with van der Waals surface area (Å²) in [5.41, 5.74) is 2.89. The van der Waals surface area contributed by atoms with E-state index in [1.807, 2.05) is 31.2 Å². The molecular weight excluding hydrogens is 423 g/mol. The van der Waals surface area contributed by atoms with Crippen molar-refractivity contribution >= 4 is 57.4 Å². The maximum Gasteiger partial charge on any atom is 0.266 e. The van der Waals surface area contributed by atoms with E-state index in [-0.39, 0.29) is 5.56 Å². The number of halogens is 2. The number of fused-ring (bicyclic) bond motifs is 1. The zero-order chi connectivity index (χ0) is 19.0. The zero-order valence-electron chi connectivity index (χ0n) is 14.0. The number of hydrogen-bond acceptors (Lipinski definition) is 6. The van der Waals surface area contributed by atoms with Gasteiger partial charge in [0.1, 0.15) is 10.0 Å². The minimum absolute atomic E-state index is 0.146. The van der Waals surface area contributed by atoms with E-state index in [2.05, 4.69) is 14.6 Å². The van der Waals surface area contributed by atoms with Crippen LogP contribution in [0, 0.1) is 6.92 Å². The van der Waals surface area contributed by atoms with Crippen LogP contribution >= 0.6 is 46.5 Å². The van der Waals surface area contributed by atoms with E-state index in [4.69, 9.17) is 23.2 Å². The van der Waals surface area contributed by atoms with Gasteiger partial charge in [0, 0.05) is 22.3 Å². The molecule has 0 radical (unpaired) electrons. The van der Waals surface area contributed by atoms with Gasteiger partial charge in [-0.15, -0.1) is 5.10 Å². The Kier molecular flexibility index (Phi) is 5.19. The molecular formula is C18H12Cl2N4OS2. The van der Waals surface area contributed by atoms with Crippen LogP contribution in [0.5, 0.6) is 0 Å². The van der Waals surface area contributed by atoms with Crippen LogP contribution in [0.15, 0.2) is 52.4 Å². The number of nitrogens with zero attached hydrogens (tertiary/aromatic N) is 4. The van der Waals surface area contributed by atoms with E-state index in [0.717, 1.165) is 22.8 Å². The Morgan fingerprint density at radius 1 is 1.19 bits per heavy atom. The molecule has 0 aliphatic rings. The Balaban J connectivity index is 1.89. The summed E-state index contributed by atoms with van der Waals surface area (Å²) >= 11 is 14.7. The highest BCUT2D eigenvalue weighted by atomic mass is 35.5. The monoisotopic (exact) mass is 434 g/mol. The lowest BCUT2D eigenvalue weighted by Gasteiger charge is -2.13. The van der Waals surface area contributed by atoms with Gasteiger partial charge in [-0.2, -0.15) is 0 Å². The van der Waals surface area contributed by atoms with Crippen molar-refractivity contribution in [2.75, 3.05) is 0 Å². The van der Waals surface area contributed by atoms with Crippen LogP contribution in [-0.4, -0.2) is 19.1 Å². The highest BCUT2D eigenvalue weighted by Gasteiger charge is 2.15. The van der Waals surface area contributed by atoms with Crippen LogP contribution in [0.1, 0.15) is 11.3 Å². The summed E-state index contributed by atoms with van der Waals surface area (Å²) in [6.45, 7) is 1.98. The second-order valence-electron chi connectivity index (χ2n) is 5.82. The normalized spacial score (nSPS) is 11.2. The molecule has 0 spiro atoms. The van der Waals surface area contributed by atoms with E-state index < -0.39 is 0 Å². The summed E-state index contributed by atoms with van der Waals surface area (Å²) in [7, 11) is 0. The Hall–Kier alpha value is -1.93. The van der Waals surface area contributed by atoms with Gasteiger partial charge in [-0.3, -0.25) is 9.36 Å². The molecule has 4 aromatic rings. The Labute approximate surface area is 173 Å². The van der Waals surface area contributed by atoms with Gasteiger partial charge in [0.2, 0.25) is 0 Å². The molecule has 0 aliphatic heterocycles. The molecule has 0 bridgehead atoms. The third kappa shape index (κ3) is 3.73. The van der Waals surface area contributed by atoms with Crippen molar-refractivity contribution in [1.29, 1.82) is 0 Å². The van der Waals surface area contributed by atoms with Gasteiger partial charge in [-0.25, -0.2) is 4.98 Å². The first-order valence-corrected chi connectivity index (χ1v) is 10.4. The number of rotatable bonds is 4. The minimum Gasteiger partial charge on any atom is -0.268 e. The molecule has 0 amide bonds. The molecule has 9 heteroatoms. The third-order valence-electron chi connectivity index (χ3n) is 3.91. The molecule has 27 heavy (non-hydrogen) atoms. The molecule has 0 N–H and O–H groups in total. The summed E-state index contributed by atoms with van der Waals surface area (Å²) in [5.74, 6) is 0.458. The molecule has 5 nitrogen and oxygen atoms in total. The van der Waals surface area contributed by atoms with Gasteiger partial charge in [0.15, 0.2) is 5.16 Å². The molecule has 0 saturated carbocycles. The standard InChI is InChI=1S/C18H12Cl2N4OS2/c1-10-3-2-4-12(7-10)24-17(25)13-6-5-11(19)8-14(13)21-18(24)26-9-15-16(20)27-23-22-15/h2-8H,9H2,1H3. The zero-order valence-corrected chi connectivity index (χ0v) is 17.2. The summed E-state index contributed by atoms with van der Waals surface area (Å²) in [6.07, 6.45) is 0. The Bertz CT molecular complexity index is 1210. The highest BCUT2D eigenvalue weighted by molar-refractivity contribution is 7.98. The number of hydrogen-bond donors (Lipinski definition) is 0. The first-order valence-electron chi connectivity index (χ1n) is 7.92. The van der Waals surface area contributed by atoms with Crippen LogP contribution in [0.4, 0.5) is 0 Å². The lowest BCUT2D eigenvalue weighted by atomic mass is 10.2. The molecule has 0 unspecified atom stereocenters. The molecule has 0 aliphatic carbocycles. The predicted molar refractivity (Wildman–Crippen MR) is 112 cm³/mol. The topological polar surface area (TPSA) is 60.7 Å². The summed E-state index contributed by atoms with van der Waals surface area (Å²) in [6, 6.07) is 12.8. The minimum atomic E-state index is -0.146. The average molecular weight is 435 g/mol. The van der Waals surface area contributed by atoms with Crippen molar-refractivity contribution in [3.05, 3.63) is 73.4 Å². The van der Waals surface area contributed by atoms with Crippen molar-refractivity contribution in [3.63, 3.8) is 0 Å². The van der Waals surface area contributed by atoms with Gasteiger partial charge in [0.25, 0.3) is 5.56 Å². The SMILES string of the molecule is Cc1cccc(-n2c(SCc3nnsc3Cl)nc3cc(Cl)ccc3c2=O)c1. The van der Waals surface area contributed by atoms with Gasteiger partial charge < -0.3 is 0 Å². The fourth-order valence-electron chi connectivity index (χ4n) is 2.65. The second kappa shape index (κ2) is 7.59. The van der Waals surface area contributed by atoms with Crippen molar-refractivity contribution in [3.8, 4) is 5.69 Å². The van der Waals surface area contributed by atoms with Gasteiger partial charge in [-0.05, 0) is 42.8 Å². The average Bonchev–Trinajstić information content (AvgIpc) is 3.04. The maximum absolute atomic E-state index is 13.2. The predicted octanol–water partition coefficient (Wildman–Crippen LogP) is 5.14. The molecule has 136 valence electrons. The van der Waals surface area contributed by atoms with Crippen LogP contribution < -0.4 is 5.56 Å². The van der Waals surface area contributed by atoms with Gasteiger partial charge in [0.05, 0.1) is 16.6 Å². The fourth-order valence-corrected chi connectivity index (χ4v) is 4.56. The van der Waals surface area contributed by atoms with E-state index >= 15 is 0 Å². The summed E-state index contributed by atoms with van der Waals surface area (Å²) < 4.78 is 6.00. The van der Waals surface area contributed by atoms with Crippen molar-refractivity contribution in [2.24, 2.45) is 0 Å². The lowest BCUT2D eigenvalue weighted by molar-refractivity contribution is 0.818. The third-order valence-corrected chi connectivity index (χ3v) is 6.08. The van der Waals surface area contributed by atoms with Crippen LogP contribution in [0.25, 0.3) is 16.6 Å². The largest absolute Gasteiger partial charge is 0.268 e. The van der Waals surface area contributed by atoms with Crippen molar-refractivity contribution in [1.82, 2.24) is 19.1 Å². The van der Waals surface area contributed by atoms with Crippen LogP contribution in [0.3, 0.4) is 0 Å². The van der Waals surface area contributed by atoms with E-state index in [9.17, 15) is 4.79 Å². The van der Waals surface area contributed by atoms with E-state index in [1.54, 1.807) is 22.8 Å². The van der Waals surface area contributed by atoms with Crippen LogP contribution in [-0.2, 0) is 5.75 Å². The van der Waals surface area contributed by atoms with Crippen molar-refractivity contribution in [2.45, 2.75) is 17.8 Å².